The van der Waals surface area contributed by atoms with E-state index >= 15 is 0 Å². The van der Waals surface area contributed by atoms with Gasteiger partial charge in [0.25, 0.3) is 0 Å². The van der Waals surface area contributed by atoms with Crippen molar-refractivity contribution in [3.8, 4) is 33.8 Å². The Kier molecular flexibility index (Phi) is 5.84. The molecule has 36 heavy (non-hydrogen) atoms. The topological polar surface area (TPSA) is 59.9 Å². The number of hydrogen-bond acceptors (Lipinski definition) is 4. The van der Waals surface area contributed by atoms with E-state index in [1.807, 2.05) is 6.07 Å². The highest BCUT2D eigenvalue weighted by atomic mass is 32.2. The predicted molar refractivity (Wildman–Crippen MR) is 134 cm³/mol. The molecular weight excluding hydrogens is 485 g/mol. The molecule has 5 aromatic rings. The van der Waals surface area contributed by atoms with Gasteiger partial charge in [-0.2, -0.15) is 13.2 Å². The highest BCUT2D eigenvalue weighted by Crippen LogP contribution is 2.38. The molecule has 8 heteroatoms. The standard InChI is InChI=1S/C28H19F3N2O2S/c1-36(34,35)22-13-6-11-20(17-22)19-10-5-12-21(16-19)25-23-14-7-15-24(28(29,30)31)26(23)33-27(32-25)18-8-3-2-4-9-18/h2-17H,1H3. The summed E-state index contributed by atoms with van der Waals surface area (Å²) in [6, 6.07) is 26.4. The van der Waals surface area contributed by atoms with Gasteiger partial charge < -0.3 is 0 Å². The third-order valence-corrected chi connectivity index (χ3v) is 6.91. The second kappa shape index (κ2) is 8.87. The van der Waals surface area contributed by atoms with E-state index in [1.54, 1.807) is 72.8 Å². The number of para-hydroxylation sites is 1. The molecular formula is C28H19F3N2O2S. The van der Waals surface area contributed by atoms with Gasteiger partial charge in [0.15, 0.2) is 15.7 Å². The second-order valence-corrected chi connectivity index (χ2v) is 10.4. The van der Waals surface area contributed by atoms with Gasteiger partial charge in [-0.15, -0.1) is 0 Å². The van der Waals surface area contributed by atoms with Crippen LogP contribution >= 0.6 is 0 Å². The molecule has 0 saturated heterocycles. The molecule has 0 amide bonds. The first-order chi connectivity index (χ1) is 17.1. The highest BCUT2D eigenvalue weighted by Gasteiger charge is 2.34. The van der Waals surface area contributed by atoms with Crippen molar-refractivity contribution < 1.29 is 21.6 Å². The Morgan fingerprint density at radius 1 is 0.667 bits per heavy atom. The molecule has 0 N–H and O–H groups in total. The molecule has 0 spiro atoms. The summed E-state index contributed by atoms with van der Waals surface area (Å²) in [6.07, 6.45) is -3.45. The fraction of sp³-hybridized carbons (Fsp3) is 0.0714. The van der Waals surface area contributed by atoms with Crippen LogP contribution < -0.4 is 0 Å². The van der Waals surface area contributed by atoms with E-state index in [4.69, 9.17) is 0 Å². The average Bonchev–Trinajstić information content (AvgIpc) is 2.87. The van der Waals surface area contributed by atoms with E-state index in [1.165, 1.54) is 12.1 Å². The number of benzene rings is 4. The zero-order valence-electron chi connectivity index (χ0n) is 19.0. The van der Waals surface area contributed by atoms with E-state index in [2.05, 4.69) is 9.97 Å². The van der Waals surface area contributed by atoms with E-state index in [0.717, 1.165) is 12.3 Å². The number of halogens is 3. The first-order valence-corrected chi connectivity index (χ1v) is 12.8. The summed E-state index contributed by atoms with van der Waals surface area (Å²) in [5, 5.41) is 0.270. The molecule has 0 bridgehead atoms. The van der Waals surface area contributed by atoms with Crippen molar-refractivity contribution in [1.29, 1.82) is 0 Å². The Labute approximate surface area is 206 Å². The lowest BCUT2D eigenvalue weighted by molar-refractivity contribution is -0.136. The molecule has 0 aliphatic rings. The minimum absolute atomic E-state index is 0.180. The third-order valence-electron chi connectivity index (χ3n) is 5.80. The maximum atomic E-state index is 13.9. The quantitative estimate of drug-likeness (QED) is 0.263. The van der Waals surface area contributed by atoms with Crippen LogP contribution in [0.4, 0.5) is 13.2 Å². The van der Waals surface area contributed by atoms with Gasteiger partial charge in [-0.25, -0.2) is 18.4 Å². The summed E-state index contributed by atoms with van der Waals surface area (Å²) in [7, 11) is -3.41. The fourth-order valence-electron chi connectivity index (χ4n) is 4.07. The molecule has 0 unspecified atom stereocenters. The van der Waals surface area contributed by atoms with E-state index in [-0.39, 0.29) is 21.6 Å². The number of alkyl halides is 3. The number of nitrogens with zero attached hydrogens (tertiary/aromatic N) is 2. The SMILES string of the molecule is CS(=O)(=O)c1cccc(-c2cccc(-c3nc(-c4ccccc4)nc4c(C(F)(F)F)cccc34)c2)c1. The van der Waals surface area contributed by atoms with E-state index in [0.29, 0.717) is 27.9 Å². The van der Waals surface area contributed by atoms with Crippen LogP contribution in [0.1, 0.15) is 5.56 Å². The monoisotopic (exact) mass is 504 g/mol. The van der Waals surface area contributed by atoms with E-state index in [9.17, 15) is 21.6 Å². The van der Waals surface area contributed by atoms with Crippen LogP contribution in [-0.4, -0.2) is 24.6 Å². The van der Waals surface area contributed by atoms with Gasteiger partial charge in [0.1, 0.15) is 0 Å². The summed E-state index contributed by atoms with van der Waals surface area (Å²) in [5.74, 6) is 0.180. The predicted octanol–water partition coefficient (Wildman–Crippen LogP) is 7.05. The number of rotatable bonds is 4. The van der Waals surface area contributed by atoms with Crippen molar-refractivity contribution in [2.75, 3.05) is 6.26 Å². The Hall–Kier alpha value is -4.04. The van der Waals surface area contributed by atoms with Gasteiger partial charge in [0, 0.05) is 22.8 Å². The second-order valence-electron chi connectivity index (χ2n) is 8.34. The number of hydrogen-bond donors (Lipinski definition) is 0. The highest BCUT2D eigenvalue weighted by molar-refractivity contribution is 7.90. The van der Waals surface area contributed by atoms with Crippen LogP contribution in [0.25, 0.3) is 44.7 Å². The van der Waals surface area contributed by atoms with Gasteiger partial charge in [-0.1, -0.05) is 72.8 Å². The molecule has 0 radical (unpaired) electrons. The van der Waals surface area contributed by atoms with Gasteiger partial charge in [0.2, 0.25) is 0 Å². The lowest BCUT2D eigenvalue weighted by Crippen LogP contribution is -2.08. The first-order valence-electron chi connectivity index (χ1n) is 11.0. The smallest absolute Gasteiger partial charge is 0.227 e. The van der Waals surface area contributed by atoms with Crippen LogP contribution in [0.15, 0.2) is 102 Å². The van der Waals surface area contributed by atoms with Crippen molar-refractivity contribution in [1.82, 2.24) is 9.97 Å². The van der Waals surface area contributed by atoms with Crippen molar-refractivity contribution in [3.63, 3.8) is 0 Å². The average molecular weight is 505 g/mol. The maximum Gasteiger partial charge on any atom is 0.418 e. The lowest BCUT2D eigenvalue weighted by atomic mass is 9.98. The molecule has 4 nitrogen and oxygen atoms in total. The van der Waals surface area contributed by atoms with Crippen LogP contribution in [0.3, 0.4) is 0 Å². The molecule has 0 aliphatic carbocycles. The molecule has 1 heterocycles. The van der Waals surface area contributed by atoms with Crippen LogP contribution in [0.2, 0.25) is 0 Å². The molecule has 5 rings (SSSR count). The van der Waals surface area contributed by atoms with Gasteiger partial charge in [-0.05, 0) is 35.4 Å². The first kappa shape index (κ1) is 23.7. The van der Waals surface area contributed by atoms with Crippen molar-refractivity contribution in [3.05, 3.63) is 103 Å². The fourth-order valence-corrected chi connectivity index (χ4v) is 4.74. The molecule has 0 saturated carbocycles. The minimum atomic E-state index is -4.59. The zero-order chi connectivity index (χ0) is 25.5. The maximum absolute atomic E-state index is 13.9. The Bertz CT molecular complexity index is 1700. The number of sulfone groups is 1. The molecule has 0 fully saturated rings. The Balaban J connectivity index is 1.76. The molecule has 1 aromatic heterocycles. The Morgan fingerprint density at radius 3 is 1.97 bits per heavy atom. The van der Waals surface area contributed by atoms with Crippen molar-refractivity contribution in [2.24, 2.45) is 0 Å². The van der Waals surface area contributed by atoms with E-state index < -0.39 is 21.6 Å². The largest absolute Gasteiger partial charge is 0.418 e. The molecule has 180 valence electrons. The summed E-state index contributed by atoms with van der Waals surface area (Å²) >= 11 is 0. The summed E-state index contributed by atoms with van der Waals surface area (Å²) in [4.78, 5) is 9.18. The normalized spacial score (nSPS) is 12.1. The molecule has 0 aliphatic heterocycles. The van der Waals surface area contributed by atoms with Crippen molar-refractivity contribution in [2.45, 2.75) is 11.1 Å². The molecule has 4 aromatic carbocycles. The van der Waals surface area contributed by atoms with Gasteiger partial charge >= 0.3 is 6.18 Å². The van der Waals surface area contributed by atoms with Crippen LogP contribution in [0.5, 0.6) is 0 Å². The summed E-state index contributed by atoms with van der Waals surface area (Å²) < 4.78 is 65.7. The Morgan fingerprint density at radius 2 is 1.28 bits per heavy atom. The van der Waals surface area contributed by atoms with Crippen molar-refractivity contribution >= 4 is 20.7 Å². The van der Waals surface area contributed by atoms with Crippen LogP contribution in [0, 0.1) is 0 Å². The molecule has 0 atom stereocenters. The summed E-state index contributed by atoms with van der Waals surface area (Å²) in [5.41, 5.74) is 1.88. The van der Waals surface area contributed by atoms with Crippen LogP contribution in [-0.2, 0) is 16.0 Å². The number of fused-ring (bicyclic) bond motifs is 1. The third kappa shape index (κ3) is 4.59. The van der Waals surface area contributed by atoms with Gasteiger partial charge in [0.05, 0.1) is 21.7 Å². The summed E-state index contributed by atoms with van der Waals surface area (Å²) in [6.45, 7) is 0. The number of aromatic nitrogens is 2. The van der Waals surface area contributed by atoms with Gasteiger partial charge in [-0.3, -0.25) is 0 Å². The zero-order valence-corrected chi connectivity index (χ0v) is 19.8. The lowest BCUT2D eigenvalue weighted by Gasteiger charge is -2.14. The minimum Gasteiger partial charge on any atom is -0.227 e.